The van der Waals surface area contributed by atoms with Gasteiger partial charge in [-0.25, -0.2) is 8.42 Å². The van der Waals surface area contributed by atoms with Crippen LogP contribution in [0.5, 0.6) is 0 Å². The average molecular weight is 342 g/mol. The first-order valence-electron chi connectivity index (χ1n) is 7.04. The van der Waals surface area contributed by atoms with Crippen LogP contribution in [0.4, 0.5) is 0 Å². The van der Waals surface area contributed by atoms with Crippen LogP contribution in [0.2, 0.25) is 5.02 Å². The van der Waals surface area contributed by atoms with Crippen LogP contribution in [0.3, 0.4) is 0 Å². The zero-order valence-corrected chi connectivity index (χ0v) is 13.4. The second-order valence-electron chi connectivity index (χ2n) is 5.46. The molecule has 1 amide bonds. The maximum atomic E-state index is 11.9. The number of amides is 1. The van der Waals surface area contributed by atoms with Gasteiger partial charge in [-0.1, -0.05) is 17.7 Å². The van der Waals surface area contributed by atoms with Crippen molar-refractivity contribution >= 4 is 38.2 Å². The quantitative estimate of drug-likeness (QED) is 0.911. The second-order valence-corrected chi connectivity index (χ2v) is 8.09. The van der Waals surface area contributed by atoms with E-state index in [9.17, 15) is 13.2 Å². The molecule has 1 N–H and O–H groups in total. The summed E-state index contributed by atoms with van der Waals surface area (Å²) in [6.07, 6.45) is 2.42. The molecule has 118 valence electrons. The Labute approximate surface area is 133 Å². The summed E-state index contributed by atoms with van der Waals surface area (Å²) in [5.74, 6) is 0.0343. The Hall–Kier alpha value is -1.60. The molecule has 2 heterocycles. The van der Waals surface area contributed by atoms with Gasteiger partial charge in [0.15, 0.2) is 9.84 Å². The molecule has 1 atom stereocenters. The number of fused-ring (bicyclic) bond motifs is 1. The largest absolute Gasteiger partial charge is 0.352 e. The van der Waals surface area contributed by atoms with Crippen molar-refractivity contribution in [3.05, 3.63) is 29.4 Å². The summed E-state index contributed by atoms with van der Waals surface area (Å²) in [4.78, 5) is 11.9. The summed E-state index contributed by atoms with van der Waals surface area (Å²) in [6, 6.07) is 5.27. The zero-order valence-electron chi connectivity index (χ0n) is 11.8. The molecule has 0 radical (unpaired) electrons. The SMILES string of the molecule is O=C(CCn1ncc2c(Cl)cccc21)N[C@@H]1CCS(=O)(=O)C1. The van der Waals surface area contributed by atoms with E-state index in [1.165, 1.54) is 0 Å². The standard InChI is InChI=1S/C14H16ClN3O3S/c15-12-2-1-3-13-11(12)8-16-18(13)6-4-14(19)17-10-5-7-22(20,21)9-10/h1-3,8,10H,4-7,9H2,(H,17,19)/t10-/m1/s1. The van der Waals surface area contributed by atoms with Crippen LogP contribution in [0.25, 0.3) is 10.9 Å². The van der Waals surface area contributed by atoms with E-state index in [1.54, 1.807) is 16.9 Å². The number of carbonyl (C=O) groups is 1. The Morgan fingerprint density at radius 1 is 1.45 bits per heavy atom. The molecule has 6 nitrogen and oxygen atoms in total. The molecule has 1 aromatic heterocycles. The molecule has 3 rings (SSSR count). The molecule has 0 spiro atoms. The number of nitrogens with one attached hydrogen (secondary N) is 1. The molecule has 0 bridgehead atoms. The molecule has 1 fully saturated rings. The average Bonchev–Trinajstić information content (AvgIpc) is 3.01. The molecule has 0 saturated carbocycles. The number of rotatable bonds is 4. The molecule has 1 aromatic carbocycles. The number of hydrogen-bond donors (Lipinski definition) is 1. The topological polar surface area (TPSA) is 81.1 Å². The zero-order chi connectivity index (χ0) is 15.7. The smallest absolute Gasteiger partial charge is 0.222 e. The van der Waals surface area contributed by atoms with E-state index in [0.717, 1.165) is 10.9 Å². The van der Waals surface area contributed by atoms with Crippen LogP contribution in [-0.4, -0.2) is 41.7 Å². The fraction of sp³-hybridized carbons (Fsp3) is 0.429. The van der Waals surface area contributed by atoms with Gasteiger partial charge in [0.05, 0.1) is 34.8 Å². The maximum Gasteiger partial charge on any atom is 0.222 e. The van der Waals surface area contributed by atoms with Crippen molar-refractivity contribution in [3.63, 3.8) is 0 Å². The van der Waals surface area contributed by atoms with Gasteiger partial charge in [0, 0.05) is 17.8 Å². The third-order valence-corrected chi connectivity index (χ3v) is 5.88. The fourth-order valence-electron chi connectivity index (χ4n) is 2.66. The predicted octanol–water partition coefficient (Wildman–Crippen LogP) is 1.38. The van der Waals surface area contributed by atoms with Gasteiger partial charge in [-0.15, -0.1) is 0 Å². The van der Waals surface area contributed by atoms with Gasteiger partial charge >= 0.3 is 0 Å². The van der Waals surface area contributed by atoms with E-state index in [0.29, 0.717) is 18.0 Å². The summed E-state index contributed by atoms with van der Waals surface area (Å²) >= 11 is 6.08. The van der Waals surface area contributed by atoms with Crippen LogP contribution in [0.15, 0.2) is 24.4 Å². The van der Waals surface area contributed by atoms with E-state index >= 15 is 0 Å². The minimum atomic E-state index is -2.98. The van der Waals surface area contributed by atoms with Gasteiger partial charge in [-0.3, -0.25) is 9.48 Å². The monoisotopic (exact) mass is 341 g/mol. The molecule has 8 heteroatoms. The third kappa shape index (κ3) is 3.25. The predicted molar refractivity (Wildman–Crippen MR) is 84.6 cm³/mol. The summed E-state index contributed by atoms with van der Waals surface area (Å²) in [6.45, 7) is 0.426. The van der Waals surface area contributed by atoms with Crippen LogP contribution in [0.1, 0.15) is 12.8 Å². The molecular weight excluding hydrogens is 326 g/mol. The minimum absolute atomic E-state index is 0.0407. The summed E-state index contributed by atoms with van der Waals surface area (Å²) < 4.78 is 24.5. The van der Waals surface area contributed by atoms with Crippen LogP contribution < -0.4 is 5.32 Å². The van der Waals surface area contributed by atoms with Crippen LogP contribution in [-0.2, 0) is 21.2 Å². The molecule has 0 aliphatic carbocycles. The summed E-state index contributed by atoms with van der Waals surface area (Å²) in [7, 11) is -2.98. The number of sulfone groups is 1. The van der Waals surface area contributed by atoms with Crippen molar-refractivity contribution in [2.45, 2.75) is 25.4 Å². The van der Waals surface area contributed by atoms with E-state index in [4.69, 9.17) is 11.6 Å². The van der Waals surface area contributed by atoms with E-state index in [2.05, 4.69) is 10.4 Å². The highest BCUT2D eigenvalue weighted by Gasteiger charge is 2.28. The van der Waals surface area contributed by atoms with Gasteiger partial charge in [0.2, 0.25) is 5.91 Å². The summed E-state index contributed by atoms with van der Waals surface area (Å²) in [5, 5.41) is 8.49. The van der Waals surface area contributed by atoms with Gasteiger partial charge in [-0.2, -0.15) is 5.10 Å². The van der Waals surface area contributed by atoms with Crippen molar-refractivity contribution in [2.75, 3.05) is 11.5 Å². The highest BCUT2D eigenvalue weighted by molar-refractivity contribution is 7.91. The first-order chi connectivity index (χ1) is 10.4. The van der Waals surface area contributed by atoms with E-state index in [-0.39, 0.29) is 29.9 Å². The first-order valence-corrected chi connectivity index (χ1v) is 9.24. The second kappa shape index (κ2) is 5.89. The van der Waals surface area contributed by atoms with Crippen molar-refractivity contribution in [3.8, 4) is 0 Å². The van der Waals surface area contributed by atoms with Gasteiger partial charge in [-0.05, 0) is 18.6 Å². The number of halogens is 1. The first kappa shape index (κ1) is 15.3. The molecule has 0 unspecified atom stereocenters. The lowest BCUT2D eigenvalue weighted by Crippen LogP contribution is -2.36. The lowest BCUT2D eigenvalue weighted by molar-refractivity contribution is -0.121. The van der Waals surface area contributed by atoms with Crippen LogP contribution in [0, 0.1) is 0 Å². The van der Waals surface area contributed by atoms with Crippen LogP contribution >= 0.6 is 11.6 Å². The van der Waals surface area contributed by atoms with Crippen molar-refractivity contribution in [1.82, 2.24) is 15.1 Å². The molecule has 22 heavy (non-hydrogen) atoms. The highest BCUT2D eigenvalue weighted by Crippen LogP contribution is 2.22. The van der Waals surface area contributed by atoms with E-state index in [1.807, 2.05) is 12.1 Å². The fourth-order valence-corrected chi connectivity index (χ4v) is 4.55. The molecule has 2 aromatic rings. The number of aromatic nitrogens is 2. The molecule has 1 aliphatic heterocycles. The van der Waals surface area contributed by atoms with Gasteiger partial charge in [0.25, 0.3) is 0 Å². The Morgan fingerprint density at radius 2 is 2.27 bits per heavy atom. The molecule has 1 aliphatic rings. The van der Waals surface area contributed by atoms with Crippen molar-refractivity contribution < 1.29 is 13.2 Å². The Balaban J connectivity index is 1.60. The van der Waals surface area contributed by atoms with Crippen molar-refractivity contribution in [1.29, 1.82) is 0 Å². The molecular formula is C14H16ClN3O3S. The lowest BCUT2D eigenvalue weighted by Gasteiger charge is -2.11. The summed E-state index contributed by atoms with van der Waals surface area (Å²) in [5.41, 5.74) is 0.878. The molecule has 1 saturated heterocycles. The van der Waals surface area contributed by atoms with E-state index < -0.39 is 9.84 Å². The number of nitrogens with zero attached hydrogens (tertiary/aromatic N) is 2. The lowest BCUT2D eigenvalue weighted by atomic mass is 10.2. The number of benzene rings is 1. The van der Waals surface area contributed by atoms with Gasteiger partial charge < -0.3 is 5.32 Å². The number of carbonyl (C=O) groups excluding carboxylic acids is 1. The van der Waals surface area contributed by atoms with Gasteiger partial charge in [0.1, 0.15) is 0 Å². The third-order valence-electron chi connectivity index (χ3n) is 3.78. The van der Waals surface area contributed by atoms with Crippen molar-refractivity contribution in [2.24, 2.45) is 0 Å². The Morgan fingerprint density at radius 3 is 3.00 bits per heavy atom. The highest BCUT2D eigenvalue weighted by atomic mass is 35.5. The normalized spacial score (nSPS) is 20.3. The Bertz CT molecular complexity index is 816. The number of aryl methyl sites for hydroxylation is 1. The maximum absolute atomic E-state index is 11.9. The number of hydrogen-bond acceptors (Lipinski definition) is 4. The Kier molecular flexibility index (Phi) is 4.10. The minimum Gasteiger partial charge on any atom is -0.352 e.